The standard InChI is InChI=1S/C11H21N3O/c1-7(2)5-6-9-13-11(15-14-9)10(12)8(3)4/h7-8,10H,5-6,12H2,1-4H3/t10-/m1/s1. The van der Waals surface area contributed by atoms with Gasteiger partial charge in [0.25, 0.3) is 0 Å². The lowest BCUT2D eigenvalue weighted by Gasteiger charge is -2.09. The van der Waals surface area contributed by atoms with E-state index >= 15 is 0 Å². The summed E-state index contributed by atoms with van der Waals surface area (Å²) in [5.74, 6) is 2.31. The van der Waals surface area contributed by atoms with E-state index < -0.39 is 0 Å². The lowest BCUT2D eigenvalue weighted by molar-refractivity contribution is 0.322. The minimum absolute atomic E-state index is 0.148. The SMILES string of the molecule is CC(C)CCc1noc([C@H](N)C(C)C)n1. The van der Waals surface area contributed by atoms with Crippen molar-refractivity contribution in [2.75, 3.05) is 0 Å². The van der Waals surface area contributed by atoms with Crippen LogP contribution in [0.5, 0.6) is 0 Å². The Morgan fingerprint density at radius 2 is 1.93 bits per heavy atom. The number of rotatable bonds is 5. The summed E-state index contributed by atoms with van der Waals surface area (Å²) in [5.41, 5.74) is 5.91. The van der Waals surface area contributed by atoms with Gasteiger partial charge in [-0.15, -0.1) is 0 Å². The topological polar surface area (TPSA) is 64.9 Å². The number of aryl methyl sites for hydroxylation is 1. The van der Waals surface area contributed by atoms with Crippen molar-refractivity contribution in [3.8, 4) is 0 Å². The quantitative estimate of drug-likeness (QED) is 0.811. The Hall–Kier alpha value is -0.900. The third kappa shape index (κ3) is 3.63. The molecule has 0 aromatic carbocycles. The molecule has 0 bridgehead atoms. The van der Waals surface area contributed by atoms with E-state index in [0.29, 0.717) is 17.7 Å². The smallest absolute Gasteiger partial charge is 0.243 e. The van der Waals surface area contributed by atoms with Gasteiger partial charge < -0.3 is 10.3 Å². The summed E-state index contributed by atoms with van der Waals surface area (Å²) in [4.78, 5) is 4.30. The molecule has 0 aliphatic carbocycles. The van der Waals surface area contributed by atoms with Crippen molar-refractivity contribution in [3.63, 3.8) is 0 Å². The highest BCUT2D eigenvalue weighted by atomic mass is 16.5. The highest BCUT2D eigenvalue weighted by Crippen LogP contribution is 2.17. The highest BCUT2D eigenvalue weighted by molar-refractivity contribution is 4.93. The normalized spacial score (nSPS) is 13.8. The molecule has 4 heteroatoms. The van der Waals surface area contributed by atoms with Crippen molar-refractivity contribution < 1.29 is 4.52 Å². The Morgan fingerprint density at radius 1 is 1.27 bits per heavy atom. The van der Waals surface area contributed by atoms with E-state index in [-0.39, 0.29) is 6.04 Å². The lowest BCUT2D eigenvalue weighted by atomic mass is 10.1. The third-order valence-electron chi connectivity index (χ3n) is 2.43. The van der Waals surface area contributed by atoms with E-state index in [4.69, 9.17) is 10.3 Å². The summed E-state index contributed by atoms with van der Waals surface area (Å²) in [6.07, 6.45) is 1.95. The van der Waals surface area contributed by atoms with Crippen molar-refractivity contribution in [1.29, 1.82) is 0 Å². The van der Waals surface area contributed by atoms with Crippen LogP contribution in [0, 0.1) is 11.8 Å². The van der Waals surface area contributed by atoms with Crippen LogP contribution < -0.4 is 5.73 Å². The van der Waals surface area contributed by atoms with Crippen LogP contribution in [0.3, 0.4) is 0 Å². The summed E-state index contributed by atoms with van der Waals surface area (Å²) in [7, 11) is 0. The van der Waals surface area contributed by atoms with Gasteiger partial charge in [0.2, 0.25) is 5.89 Å². The largest absolute Gasteiger partial charge is 0.338 e. The summed E-state index contributed by atoms with van der Waals surface area (Å²) in [5, 5.41) is 3.93. The van der Waals surface area contributed by atoms with Gasteiger partial charge in [-0.3, -0.25) is 0 Å². The summed E-state index contributed by atoms with van der Waals surface area (Å²) in [6, 6.07) is -0.148. The average molecular weight is 211 g/mol. The van der Waals surface area contributed by atoms with Gasteiger partial charge in [0.05, 0.1) is 6.04 Å². The van der Waals surface area contributed by atoms with E-state index in [9.17, 15) is 0 Å². The molecule has 1 heterocycles. The Morgan fingerprint density at radius 3 is 2.47 bits per heavy atom. The molecule has 1 atom stereocenters. The zero-order valence-corrected chi connectivity index (χ0v) is 10.0. The molecule has 0 aliphatic heterocycles. The molecule has 86 valence electrons. The average Bonchev–Trinajstić information content (AvgIpc) is 2.61. The molecule has 0 unspecified atom stereocenters. The number of hydrogen-bond acceptors (Lipinski definition) is 4. The maximum atomic E-state index is 5.91. The Bertz CT molecular complexity index is 294. The van der Waals surface area contributed by atoms with Gasteiger partial charge in [0, 0.05) is 6.42 Å². The predicted molar refractivity (Wildman–Crippen MR) is 59.2 cm³/mol. The van der Waals surface area contributed by atoms with Gasteiger partial charge in [0.1, 0.15) is 0 Å². The van der Waals surface area contributed by atoms with Crippen LogP contribution in [0.4, 0.5) is 0 Å². The maximum absolute atomic E-state index is 5.91. The first-order valence-corrected chi connectivity index (χ1v) is 5.58. The fraction of sp³-hybridized carbons (Fsp3) is 0.818. The van der Waals surface area contributed by atoms with E-state index in [1.54, 1.807) is 0 Å². The molecular weight excluding hydrogens is 190 g/mol. The molecule has 0 saturated carbocycles. The second-order valence-corrected chi connectivity index (χ2v) is 4.75. The summed E-state index contributed by atoms with van der Waals surface area (Å²) >= 11 is 0. The Kier molecular flexibility index (Phi) is 4.27. The molecule has 1 aromatic heterocycles. The molecular formula is C11H21N3O. The van der Waals surface area contributed by atoms with Crippen molar-refractivity contribution in [1.82, 2.24) is 10.1 Å². The molecule has 15 heavy (non-hydrogen) atoms. The summed E-state index contributed by atoms with van der Waals surface area (Å²) in [6.45, 7) is 8.45. The lowest BCUT2D eigenvalue weighted by Crippen LogP contribution is -2.17. The van der Waals surface area contributed by atoms with Gasteiger partial charge >= 0.3 is 0 Å². The maximum Gasteiger partial charge on any atom is 0.243 e. The van der Waals surface area contributed by atoms with Crippen LogP contribution in [0.15, 0.2) is 4.52 Å². The minimum atomic E-state index is -0.148. The Labute approximate surface area is 91.2 Å². The van der Waals surface area contributed by atoms with Gasteiger partial charge in [-0.25, -0.2) is 0 Å². The van der Waals surface area contributed by atoms with Crippen LogP contribution in [-0.2, 0) is 6.42 Å². The number of nitrogens with zero attached hydrogens (tertiary/aromatic N) is 2. The number of hydrogen-bond donors (Lipinski definition) is 1. The monoisotopic (exact) mass is 211 g/mol. The number of nitrogens with two attached hydrogens (primary N) is 1. The fourth-order valence-electron chi connectivity index (χ4n) is 1.21. The van der Waals surface area contributed by atoms with Crippen molar-refractivity contribution in [2.45, 2.75) is 46.6 Å². The van der Waals surface area contributed by atoms with Crippen molar-refractivity contribution in [3.05, 3.63) is 11.7 Å². The van der Waals surface area contributed by atoms with Crippen LogP contribution in [0.2, 0.25) is 0 Å². The molecule has 1 aromatic rings. The molecule has 0 spiro atoms. The first-order chi connectivity index (χ1) is 7.00. The van der Waals surface area contributed by atoms with Gasteiger partial charge in [-0.05, 0) is 18.3 Å². The van der Waals surface area contributed by atoms with E-state index in [2.05, 4.69) is 24.0 Å². The van der Waals surface area contributed by atoms with Crippen LogP contribution in [-0.4, -0.2) is 10.1 Å². The molecule has 0 aliphatic rings. The van der Waals surface area contributed by atoms with Gasteiger partial charge in [0.15, 0.2) is 5.82 Å². The van der Waals surface area contributed by atoms with Crippen LogP contribution in [0.1, 0.15) is 51.9 Å². The van der Waals surface area contributed by atoms with Crippen LogP contribution in [0.25, 0.3) is 0 Å². The van der Waals surface area contributed by atoms with E-state index in [0.717, 1.165) is 18.7 Å². The zero-order valence-electron chi connectivity index (χ0n) is 10.0. The first-order valence-electron chi connectivity index (χ1n) is 5.58. The molecule has 1 rings (SSSR count). The molecule has 2 N–H and O–H groups in total. The fourth-order valence-corrected chi connectivity index (χ4v) is 1.21. The zero-order chi connectivity index (χ0) is 11.4. The van der Waals surface area contributed by atoms with Crippen LogP contribution >= 0.6 is 0 Å². The molecule has 0 radical (unpaired) electrons. The van der Waals surface area contributed by atoms with Crippen molar-refractivity contribution in [2.24, 2.45) is 17.6 Å². The predicted octanol–water partition coefficient (Wildman–Crippen LogP) is 2.31. The highest BCUT2D eigenvalue weighted by Gasteiger charge is 2.17. The molecule has 0 amide bonds. The van der Waals surface area contributed by atoms with E-state index in [1.807, 2.05) is 13.8 Å². The Balaban J connectivity index is 2.56. The molecule has 0 fully saturated rings. The second-order valence-electron chi connectivity index (χ2n) is 4.75. The number of aromatic nitrogens is 2. The molecule has 0 saturated heterocycles. The van der Waals surface area contributed by atoms with Crippen molar-refractivity contribution >= 4 is 0 Å². The third-order valence-corrected chi connectivity index (χ3v) is 2.43. The summed E-state index contributed by atoms with van der Waals surface area (Å²) < 4.78 is 5.13. The molecule has 4 nitrogen and oxygen atoms in total. The van der Waals surface area contributed by atoms with E-state index in [1.165, 1.54) is 0 Å². The van der Waals surface area contributed by atoms with Gasteiger partial charge in [-0.2, -0.15) is 4.98 Å². The minimum Gasteiger partial charge on any atom is -0.338 e. The second kappa shape index (κ2) is 5.26. The first kappa shape index (κ1) is 12.2. The van der Waals surface area contributed by atoms with Gasteiger partial charge in [-0.1, -0.05) is 32.9 Å².